The average Bonchev–Trinajstić information content (AvgIpc) is 2.63. The summed E-state index contributed by atoms with van der Waals surface area (Å²) < 4.78 is 6.15. The molecule has 1 N–H and O–H groups in total. The van der Waals surface area contributed by atoms with Gasteiger partial charge in [0.25, 0.3) is 0 Å². The fourth-order valence-corrected chi connectivity index (χ4v) is 3.57. The highest BCUT2D eigenvalue weighted by molar-refractivity contribution is 5.93. The number of fused-ring (bicyclic) bond motifs is 1. The second kappa shape index (κ2) is 8.44. The lowest BCUT2D eigenvalue weighted by molar-refractivity contribution is -0.117. The molecule has 2 aromatic carbocycles. The van der Waals surface area contributed by atoms with Gasteiger partial charge in [-0.15, -0.1) is 0 Å². The summed E-state index contributed by atoms with van der Waals surface area (Å²) >= 11 is 0. The van der Waals surface area contributed by atoms with Crippen LogP contribution in [0.25, 0.3) is 0 Å². The Labute approximate surface area is 161 Å². The Morgan fingerprint density at radius 1 is 1.26 bits per heavy atom. The van der Waals surface area contributed by atoms with E-state index in [1.807, 2.05) is 56.1 Å². The molecule has 0 spiro atoms. The summed E-state index contributed by atoms with van der Waals surface area (Å²) in [5, 5.41) is 3.01. The van der Waals surface area contributed by atoms with Gasteiger partial charge in [0.1, 0.15) is 11.9 Å². The van der Waals surface area contributed by atoms with Crippen molar-refractivity contribution in [2.24, 2.45) is 0 Å². The van der Waals surface area contributed by atoms with E-state index in [0.717, 1.165) is 35.8 Å². The van der Waals surface area contributed by atoms with Crippen LogP contribution in [0.4, 0.5) is 11.4 Å². The predicted octanol–water partition coefficient (Wildman–Crippen LogP) is 3.46. The van der Waals surface area contributed by atoms with Crippen LogP contribution in [-0.2, 0) is 4.79 Å². The van der Waals surface area contributed by atoms with Crippen LogP contribution in [0.3, 0.4) is 0 Å². The number of carbonyl (C=O) groups excluding carboxylic acids is 1. The number of likely N-dealkylation sites (N-methyl/N-ethyl adjacent to an activating group) is 2. The molecular weight excluding hydrogens is 338 g/mol. The lowest BCUT2D eigenvalue weighted by Gasteiger charge is -2.37. The maximum Gasteiger partial charge on any atom is 0.238 e. The van der Waals surface area contributed by atoms with Crippen molar-refractivity contribution < 1.29 is 9.53 Å². The molecule has 1 unspecified atom stereocenters. The van der Waals surface area contributed by atoms with Crippen LogP contribution >= 0.6 is 0 Å². The number of ether oxygens (including phenoxy) is 1. The molecule has 0 radical (unpaired) electrons. The highest BCUT2D eigenvalue weighted by Gasteiger charge is 2.25. The molecule has 5 nitrogen and oxygen atoms in total. The molecule has 144 valence electrons. The summed E-state index contributed by atoms with van der Waals surface area (Å²) in [6.07, 6.45) is 0.0405. The Kier molecular flexibility index (Phi) is 6.01. The van der Waals surface area contributed by atoms with Crippen LogP contribution in [0.15, 0.2) is 42.5 Å². The average molecular weight is 367 g/mol. The van der Waals surface area contributed by atoms with Gasteiger partial charge >= 0.3 is 0 Å². The number of para-hydroxylation sites is 2. The van der Waals surface area contributed by atoms with Gasteiger partial charge in [-0.1, -0.05) is 29.8 Å². The van der Waals surface area contributed by atoms with Crippen molar-refractivity contribution in [2.75, 3.05) is 43.4 Å². The minimum Gasteiger partial charge on any atom is -0.485 e. The van der Waals surface area contributed by atoms with Gasteiger partial charge in [0.2, 0.25) is 5.91 Å². The smallest absolute Gasteiger partial charge is 0.238 e. The van der Waals surface area contributed by atoms with Gasteiger partial charge in [-0.2, -0.15) is 0 Å². The number of benzene rings is 2. The Hall–Kier alpha value is -2.53. The van der Waals surface area contributed by atoms with Crippen molar-refractivity contribution in [1.82, 2.24) is 4.90 Å². The number of nitrogens with one attached hydrogen (secondary N) is 1. The van der Waals surface area contributed by atoms with Crippen molar-refractivity contribution in [1.29, 1.82) is 0 Å². The van der Waals surface area contributed by atoms with Crippen LogP contribution in [0.2, 0.25) is 0 Å². The molecule has 1 amide bonds. The van der Waals surface area contributed by atoms with E-state index in [4.69, 9.17) is 4.74 Å². The standard InChI is InChI=1S/C22H29N3O2/c1-5-25-14-18(27-21-9-7-6-8-20(21)25)13-24(4)15-22(26)23-19-11-10-16(2)12-17(19)3/h6-12,18H,5,13-15H2,1-4H3,(H,23,26). The lowest BCUT2D eigenvalue weighted by Crippen LogP contribution is -2.46. The molecule has 0 saturated heterocycles. The third kappa shape index (κ3) is 4.80. The van der Waals surface area contributed by atoms with Gasteiger partial charge in [0.05, 0.1) is 18.8 Å². The summed E-state index contributed by atoms with van der Waals surface area (Å²) in [6, 6.07) is 14.2. The molecule has 0 aliphatic carbocycles. The molecule has 27 heavy (non-hydrogen) atoms. The number of anilines is 2. The summed E-state index contributed by atoms with van der Waals surface area (Å²) in [6.45, 7) is 9.02. The fraction of sp³-hybridized carbons (Fsp3) is 0.409. The summed E-state index contributed by atoms with van der Waals surface area (Å²) in [7, 11) is 1.96. The first-order valence-corrected chi connectivity index (χ1v) is 9.52. The second-order valence-electron chi connectivity index (χ2n) is 7.31. The van der Waals surface area contributed by atoms with Crippen molar-refractivity contribution in [3.8, 4) is 5.75 Å². The van der Waals surface area contributed by atoms with Crippen LogP contribution in [-0.4, -0.2) is 50.1 Å². The zero-order valence-corrected chi connectivity index (χ0v) is 16.7. The van der Waals surface area contributed by atoms with Gasteiger partial charge in [-0.25, -0.2) is 0 Å². The first kappa shape index (κ1) is 19.2. The molecule has 1 aliphatic heterocycles. The number of nitrogens with zero attached hydrogens (tertiary/aromatic N) is 2. The lowest BCUT2D eigenvalue weighted by atomic mass is 10.1. The summed E-state index contributed by atoms with van der Waals surface area (Å²) in [4.78, 5) is 16.8. The summed E-state index contributed by atoms with van der Waals surface area (Å²) in [5.41, 5.74) is 4.29. The SMILES string of the molecule is CCN1CC(CN(C)CC(=O)Nc2ccc(C)cc2C)Oc2ccccc21. The third-order valence-electron chi connectivity index (χ3n) is 4.89. The largest absolute Gasteiger partial charge is 0.485 e. The maximum absolute atomic E-state index is 12.4. The Bertz CT molecular complexity index is 806. The van der Waals surface area contributed by atoms with Gasteiger partial charge < -0.3 is 15.0 Å². The van der Waals surface area contributed by atoms with Crippen LogP contribution in [0, 0.1) is 13.8 Å². The predicted molar refractivity (Wildman–Crippen MR) is 111 cm³/mol. The van der Waals surface area contributed by atoms with Gasteiger partial charge in [-0.05, 0) is 51.6 Å². The molecule has 0 fully saturated rings. The highest BCUT2D eigenvalue weighted by Crippen LogP contribution is 2.32. The second-order valence-corrected chi connectivity index (χ2v) is 7.31. The zero-order valence-electron chi connectivity index (χ0n) is 16.7. The van der Waals surface area contributed by atoms with E-state index in [1.54, 1.807) is 0 Å². The first-order valence-electron chi connectivity index (χ1n) is 9.52. The minimum absolute atomic E-state index is 0.00647. The van der Waals surface area contributed by atoms with Crippen molar-refractivity contribution in [3.05, 3.63) is 53.6 Å². The molecular formula is C22H29N3O2. The van der Waals surface area contributed by atoms with E-state index in [2.05, 4.69) is 29.3 Å². The summed E-state index contributed by atoms with van der Waals surface area (Å²) in [5.74, 6) is 0.914. The molecule has 5 heteroatoms. The molecule has 0 bridgehead atoms. The van der Waals surface area contributed by atoms with Crippen molar-refractivity contribution in [2.45, 2.75) is 26.9 Å². The van der Waals surface area contributed by atoms with E-state index in [-0.39, 0.29) is 12.0 Å². The molecule has 0 saturated carbocycles. The number of hydrogen-bond donors (Lipinski definition) is 1. The van der Waals surface area contributed by atoms with Gasteiger partial charge in [0.15, 0.2) is 0 Å². The number of amides is 1. The molecule has 1 heterocycles. The molecule has 0 aromatic heterocycles. The van der Waals surface area contributed by atoms with E-state index < -0.39 is 0 Å². The molecule has 3 rings (SSSR count). The monoisotopic (exact) mass is 367 g/mol. The Morgan fingerprint density at radius 2 is 2.04 bits per heavy atom. The van der Waals surface area contributed by atoms with E-state index in [1.165, 1.54) is 5.56 Å². The van der Waals surface area contributed by atoms with Crippen molar-refractivity contribution in [3.63, 3.8) is 0 Å². The van der Waals surface area contributed by atoms with Crippen molar-refractivity contribution >= 4 is 17.3 Å². The number of aryl methyl sites for hydroxylation is 2. The minimum atomic E-state index is -0.00647. The Balaban J connectivity index is 1.56. The topological polar surface area (TPSA) is 44.8 Å². The number of hydrogen-bond acceptors (Lipinski definition) is 4. The van der Waals surface area contributed by atoms with E-state index in [9.17, 15) is 4.79 Å². The third-order valence-corrected chi connectivity index (χ3v) is 4.89. The normalized spacial score (nSPS) is 16.0. The first-order chi connectivity index (χ1) is 13.0. The molecule has 2 aromatic rings. The van der Waals surface area contributed by atoms with Crippen LogP contribution in [0.1, 0.15) is 18.1 Å². The number of carbonyl (C=O) groups is 1. The van der Waals surface area contributed by atoms with E-state index in [0.29, 0.717) is 13.1 Å². The molecule has 1 aliphatic rings. The molecule has 1 atom stereocenters. The quantitative estimate of drug-likeness (QED) is 0.849. The van der Waals surface area contributed by atoms with Crippen LogP contribution in [0.5, 0.6) is 5.75 Å². The number of rotatable bonds is 6. The van der Waals surface area contributed by atoms with Gasteiger partial charge in [-0.3, -0.25) is 9.69 Å². The maximum atomic E-state index is 12.4. The van der Waals surface area contributed by atoms with Crippen LogP contribution < -0.4 is 15.0 Å². The Morgan fingerprint density at radius 3 is 2.78 bits per heavy atom. The van der Waals surface area contributed by atoms with Gasteiger partial charge in [0, 0.05) is 18.8 Å². The zero-order chi connectivity index (χ0) is 19.4. The highest BCUT2D eigenvalue weighted by atomic mass is 16.5. The fourth-order valence-electron chi connectivity index (χ4n) is 3.57. The van der Waals surface area contributed by atoms with E-state index >= 15 is 0 Å².